The fourth-order valence-corrected chi connectivity index (χ4v) is 3.92. The Bertz CT molecular complexity index is 949. The van der Waals surface area contributed by atoms with Crippen LogP contribution in [0.15, 0.2) is 18.2 Å². The molecule has 1 atom stereocenters. The molecular weight excluding hydrogens is 466 g/mol. The molecule has 0 spiro atoms. The molecule has 0 saturated heterocycles. The summed E-state index contributed by atoms with van der Waals surface area (Å²) in [6.07, 6.45) is 3.95. The van der Waals surface area contributed by atoms with Crippen LogP contribution in [0.25, 0.3) is 0 Å². The maximum Gasteiger partial charge on any atom is 0.364 e. The van der Waals surface area contributed by atoms with E-state index < -0.39 is 41.4 Å². The van der Waals surface area contributed by atoms with Crippen molar-refractivity contribution in [1.29, 1.82) is 0 Å². The van der Waals surface area contributed by atoms with Gasteiger partial charge in [-0.25, -0.2) is 4.79 Å². The first kappa shape index (κ1) is 29.3. The van der Waals surface area contributed by atoms with Crippen LogP contribution in [-0.2, 0) is 30.3 Å². The highest BCUT2D eigenvalue weighted by atomic mass is 16.6. The molecule has 0 radical (unpaired) electrons. The van der Waals surface area contributed by atoms with Gasteiger partial charge in [0.15, 0.2) is 11.5 Å². The Balaban J connectivity index is 2.43. The highest BCUT2D eigenvalue weighted by Gasteiger charge is 2.45. The van der Waals surface area contributed by atoms with Crippen LogP contribution >= 0.6 is 0 Å². The molecule has 2 N–H and O–H groups in total. The quantitative estimate of drug-likeness (QED) is 0.257. The van der Waals surface area contributed by atoms with Crippen LogP contribution in [0.2, 0.25) is 0 Å². The fourth-order valence-electron chi connectivity index (χ4n) is 3.92. The minimum atomic E-state index is -2.03. The zero-order valence-electron chi connectivity index (χ0n) is 22.1. The minimum Gasteiger partial charge on any atom is -0.477 e. The van der Waals surface area contributed by atoms with E-state index in [0.29, 0.717) is 18.4 Å². The molecule has 0 bridgehead atoms. The highest BCUT2D eigenvalue weighted by Crippen LogP contribution is 2.33. The number of esters is 3. The number of ether oxygens (including phenoxy) is 3. The molecule has 1 aliphatic carbocycles. The topological polar surface area (TPSA) is 128 Å². The SMILES string of the molecule is CC(C)N[C@@](Cc1ccc(OC(=O)C(C)C)c(OC(=O)C(C)C)c1)(OC(=O)C1CCCCC1)C(=O)O. The molecule has 1 fully saturated rings. The predicted molar refractivity (Wildman–Crippen MR) is 132 cm³/mol. The molecule has 0 aromatic heterocycles. The van der Waals surface area contributed by atoms with Gasteiger partial charge >= 0.3 is 23.9 Å². The lowest BCUT2D eigenvalue weighted by Gasteiger charge is -2.34. The van der Waals surface area contributed by atoms with Crippen LogP contribution in [0, 0.1) is 17.8 Å². The van der Waals surface area contributed by atoms with E-state index in [2.05, 4.69) is 5.32 Å². The number of rotatable bonds is 11. The molecule has 0 amide bonds. The highest BCUT2D eigenvalue weighted by molar-refractivity contribution is 5.83. The molecule has 1 saturated carbocycles. The van der Waals surface area contributed by atoms with Crippen LogP contribution < -0.4 is 14.8 Å². The van der Waals surface area contributed by atoms with Gasteiger partial charge in [0.05, 0.1) is 17.8 Å². The third-order valence-corrected chi connectivity index (χ3v) is 5.91. The molecule has 0 unspecified atom stereocenters. The van der Waals surface area contributed by atoms with Crippen LogP contribution in [0.3, 0.4) is 0 Å². The number of hydrogen-bond acceptors (Lipinski definition) is 8. The lowest BCUT2D eigenvalue weighted by Crippen LogP contribution is -2.59. The Labute approximate surface area is 212 Å². The number of carboxylic acids is 1. The average Bonchev–Trinajstić information content (AvgIpc) is 2.80. The lowest BCUT2D eigenvalue weighted by atomic mass is 9.89. The van der Waals surface area contributed by atoms with Crippen LogP contribution in [0.5, 0.6) is 11.5 Å². The van der Waals surface area contributed by atoms with E-state index >= 15 is 0 Å². The molecule has 1 aromatic carbocycles. The Morgan fingerprint density at radius 3 is 1.97 bits per heavy atom. The number of benzene rings is 1. The van der Waals surface area contributed by atoms with E-state index in [4.69, 9.17) is 14.2 Å². The molecular formula is C27H39NO8. The number of hydrogen-bond donors (Lipinski definition) is 2. The van der Waals surface area contributed by atoms with E-state index in [1.165, 1.54) is 12.1 Å². The largest absolute Gasteiger partial charge is 0.477 e. The van der Waals surface area contributed by atoms with Crippen LogP contribution in [-0.4, -0.2) is 40.8 Å². The van der Waals surface area contributed by atoms with Crippen molar-refractivity contribution in [3.8, 4) is 11.5 Å². The van der Waals surface area contributed by atoms with Gasteiger partial charge in [-0.05, 0) is 44.4 Å². The van der Waals surface area contributed by atoms with Gasteiger partial charge in [-0.1, -0.05) is 53.0 Å². The number of nitrogens with one attached hydrogen (secondary N) is 1. The van der Waals surface area contributed by atoms with Crippen molar-refractivity contribution in [2.75, 3.05) is 0 Å². The molecule has 2 rings (SSSR count). The monoisotopic (exact) mass is 505 g/mol. The van der Waals surface area contributed by atoms with Gasteiger partial charge in [0.2, 0.25) is 0 Å². The standard InChI is InChI=1S/C27H39NO8/c1-16(2)23(29)34-21-13-12-19(14-22(21)35-24(30)17(3)4)15-27(26(32)33,28-18(5)6)36-25(31)20-10-8-7-9-11-20/h12-14,16-18,20,28H,7-11,15H2,1-6H3,(H,32,33)/t27-/m0/s1. The summed E-state index contributed by atoms with van der Waals surface area (Å²) < 4.78 is 16.6. The van der Waals surface area contributed by atoms with Crippen molar-refractivity contribution in [3.63, 3.8) is 0 Å². The van der Waals surface area contributed by atoms with Crippen molar-refractivity contribution < 1.29 is 38.5 Å². The first-order chi connectivity index (χ1) is 16.8. The van der Waals surface area contributed by atoms with E-state index in [0.717, 1.165) is 19.3 Å². The summed E-state index contributed by atoms with van der Waals surface area (Å²) >= 11 is 0. The van der Waals surface area contributed by atoms with Crippen molar-refractivity contribution in [2.24, 2.45) is 17.8 Å². The number of aliphatic carboxylic acids is 1. The summed E-state index contributed by atoms with van der Waals surface area (Å²) in [5.74, 6) is -4.09. The predicted octanol–water partition coefficient (Wildman–Crippen LogP) is 4.25. The summed E-state index contributed by atoms with van der Waals surface area (Å²) in [5.41, 5.74) is -1.61. The third-order valence-electron chi connectivity index (χ3n) is 5.91. The molecule has 9 heteroatoms. The molecule has 1 aliphatic rings. The van der Waals surface area contributed by atoms with Crippen LogP contribution in [0.4, 0.5) is 0 Å². The summed E-state index contributed by atoms with van der Waals surface area (Å²) in [7, 11) is 0. The Morgan fingerprint density at radius 1 is 0.917 bits per heavy atom. The summed E-state index contributed by atoms with van der Waals surface area (Å²) in [5, 5.41) is 13.1. The van der Waals surface area contributed by atoms with Crippen LogP contribution in [0.1, 0.15) is 79.2 Å². The maximum absolute atomic E-state index is 13.0. The van der Waals surface area contributed by atoms with E-state index in [1.807, 2.05) is 0 Å². The van der Waals surface area contributed by atoms with Crippen molar-refractivity contribution in [1.82, 2.24) is 5.32 Å². The Kier molecular flexibility index (Phi) is 10.5. The van der Waals surface area contributed by atoms with Gasteiger partial charge in [-0.2, -0.15) is 0 Å². The molecule has 9 nitrogen and oxygen atoms in total. The van der Waals surface area contributed by atoms with Gasteiger partial charge in [-0.15, -0.1) is 0 Å². The molecule has 0 aliphatic heterocycles. The Morgan fingerprint density at radius 2 is 1.47 bits per heavy atom. The van der Waals surface area contributed by atoms with Crippen molar-refractivity contribution in [2.45, 2.75) is 91.8 Å². The molecule has 200 valence electrons. The second-order valence-corrected chi connectivity index (χ2v) is 10.3. The van der Waals surface area contributed by atoms with Crippen molar-refractivity contribution in [3.05, 3.63) is 23.8 Å². The first-order valence-electron chi connectivity index (χ1n) is 12.6. The van der Waals surface area contributed by atoms with Gasteiger partial charge in [0.1, 0.15) is 0 Å². The fraction of sp³-hybridized carbons (Fsp3) is 0.630. The zero-order valence-corrected chi connectivity index (χ0v) is 22.1. The smallest absolute Gasteiger partial charge is 0.364 e. The molecule has 36 heavy (non-hydrogen) atoms. The third kappa shape index (κ3) is 8.05. The second-order valence-electron chi connectivity index (χ2n) is 10.3. The molecule has 1 aromatic rings. The molecule has 0 heterocycles. The number of carbonyl (C=O) groups is 4. The van der Waals surface area contributed by atoms with Gasteiger partial charge < -0.3 is 19.3 Å². The maximum atomic E-state index is 13.0. The number of carboxylic acid groups (broad SMARTS) is 1. The van der Waals surface area contributed by atoms with Crippen molar-refractivity contribution >= 4 is 23.9 Å². The van der Waals surface area contributed by atoms with Gasteiger partial charge in [-0.3, -0.25) is 19.7 Å². The summed E-state index contributed by atoms with van der Waals surface area (Å²) in [4.78, 5) is 50.0. The normalized spacial score (nSPS) is 16.0. The van der Waals surface area contributed by atoms with Gasteiger partial charge in [0.25, 0.3) is 5.72 Å². The van der Waals surface area contributed by atoms with E-state index in [9.17, 15) is 24.3 Å². The number of carbonyl (C=O) groups excluding carboxylic acids is 3. The Hall–Kier alpha value is -2.94. The zero-order chi connectivity index (χ0) is 27.0. The lowest BCUT2D eigenvalue weighted by molar-refractivity contribution is -0.188. The summed E-state index contributed by atoms with van der Waals surface area (Å²) in [6.45, 7) is 10.2. The van der Waals surface area contributed by atoms with E-state index in [1.54, 1.807) is 47.6 Å². The summed E-state index contributed by atoms with van der Waals surface area (Å²) in [6, 6.07) is 4.13. The first-order valence-corrected chi connectivity index (χ1v) is 12.6. The van der Waals surface area contributed by atoms with Gasteiger partial charge in [0, 0.05) is 12.5 Å². The van der Waals surface area contributed by atoms with E-state index in [-0.39, 0.29) is 29.9 Å². The average molecular weight is 506 g/mol. The second kappa shape index (κ2) is 12.9. The minimum absolute atomic E-state index is 0.0114.